The van der Waals surface area contributed by atoms with E-state index in [2.05, 4.69) is 5.16 Å². The van der Waals surface area contributed by atoms with E-state index in [1.165, 1.54) is 6.07 Å². The maximum Gasteiger partial charge on any atom is 0.389 e. The van der Waals surface area contributed by atoms with Gasteiger partial charge in [-0.25, -0.2) is 8.42 Å². The van der Waals surface area contributed by atoms with Crippen molar-refractivity contribution < 1.29 is 40.4 Å². The van der Waals surface area contributed by atoms with E-state index in [9.17, 15) is 26.4 Å². The molecule has 2 rings (SSSR count). The smallest absolute Gasteiger partial charge is 0.368 e. The second-order valence-electron chi connectivity index (χ2n) is 8.98. The summed E-state index contributed by atoms with van der Waals surface area (Å²) in [5.74, 6) is -1.91. The van der Waals surface area contributed by atoms with Crippen LogP contribution in [0.2, 0.25) is 0 Å². The lowest BCUT2D eigenvalue weighted by Gasteiger charge is -2.28. The van der Waals surface area contributed by atoms with Crippen molar-refractivity contribution in [2.75, 3.05) is 19.0 Å². The fourth-order valence-electron chi connectivity index (χ4n) is 3.30. The largest absolute Gasteiger partial charge is 0.389 e. The highest BCUT2D eigenvalue weighted by Crippen LogP contribution is 2.30. The molecule has 1 aromatic rings. The highest BCUT2D eigenvalue weighted by Gasteiger charge is 2.46. The number of aromatic nitrogens is 1. The molecular formula is C20H31F3N2O6S. The van der Waals surface area contributed by atoms with Gasteiger partial charge in [0.25, 0.3) is 0 Å². The number of hydrogen-bond donors (Lipinski definition) is 1. The van der Waals surface area contributed by atoms with E-state index in [4.69, 9.17) is 19.7 Å². The van der Waals surface area contributed by atoms with Gasteiger partial charge in [0, 0.05) is 30.9 Å². The third-order valence-electron chi connectivity index (χ3n) is 5.61. The second-order valence-corrected chi connectivity index (χ2v) is 11.5. The van der Waals surface area contributed by atoms with Crippen LogP contribution in [0.3, 0.4) is 0 Å². The van der Waals surface area contributed by atoms with E-state index < -0.39 is 57.1 Å². The van der Waals surface area contributed by atoms with Gasteiger partial charge in [-0.1, -0.05) is 19.0 Å². The van der Waals surface area contributed by atoms with Crippen LogP contribution in [0.15, 0.2) is 10.6 Å². The second kappa shape index (κ2) is 10.1. The molecule has 1 amide bonds. The maximum atomic E-state index is 12.7. The van der Waals surface area contributed by atoms with Gasteiger partial charge >= 0.3 is 6.18 Å². The molecule has 0 saturated carbocycles. The molecule has 2 atom stereocenters. The van der Waals surface area contributed by atoms with E-state index in [1.807, 2.05) is 13.8 Å². The molecule has 2 unspecified atom stereocenters. The monoisotopic (exact) mass is 484 g/mol. The van der Waals surface area contributed by atoms with Gasteiger partial charge in [0.15, 0.2) is 20.9 Å². The van der Waals surface area contributed by atoms with Crippen molar-refractivity contribution in [3.05, 3.63) is 17.5 Å². The predicted molar refractivity (Wildman–Crippen MR) is 109 cm³/mol. The first-order chi connectivity index (χ1) is 14.7. The zero-order valence-electron chi connectivity index (χ0n) is 18.5. The number of nitrogens with two attached hydrogens (primary N) is 1. The predicted octanol–water partition coefficient (Wildman–Crippen LogP) is 3.04. The standard InChI is InChI=1S/C20H31F3N2O6S/c1-18(2,13-30-16-7-4-5-9-29-16)15-11-14(31-25-15)12-19(3,17(24)26)32(27,28)10-6-8-20(21,22)23/h11,16H,4-10,12-13H2,1-3H3,(H2,24,26). The molecule has 1 fully saturated rings. The van der Waals surface area contributed by atoms with Crippen LogP contribution >= 0.6 is 0 Å². The summed E-state index contributed by atoms with van der Waals surface area (Å²) in [6, 6.07) is 1.51. The molecule has 2 heterocycles. The Morgan fingerprint density at radius 1 is 1.28 bits per heavy atom. The van der Waals surface area contributed by atoms with Gasteiger partial charge in [-0.05, 0) is 32.6 Å². The van der Waals surface area contributed by atoms with E-state index in [1.54, 1.807) is 0 Å². The topological polar surface area (TPSA) is 122 Å². The normalized spacial score (nSPS) is 20.1. The molecule has 32 heavy (non-hydrogen) atoms. The minimum atomic E-state index is -4.49. The molecule has 1 saturated heterocycles. The van der Waals surface area contributed by atoms with Crippen LogP contribution in [0.5, 0.6) is 0 Å². The number of nitrogens with zero attached hydrogens (tertiary/aromatic N) is 1. The van der Waals surface area contributed by atoms with Crippen LogP contribution < -0.4 is 5.73 Å². The van der Waals surface area contributed by atoms with Gasteiger partial charge in [-0.15, -0.1) is 0 Å². The van der Waals surface area contributed by atoms with Crippen molar-refractivity contribution in [2.45, 2.75) is 81.9 Å². The Bertz CT molecular complexity index is 878. The number of primary amides is 1. The molecule has 12 heteroatoms. The van der Waals surface area contributed by atoms with Gasteiger partial charge in [0.05, 0.1) is 18.1 Å². The Kier molecular flexibility index (Phi) is 8.38. The first-order valence-electron chi connectivity index (χ1n) is 10.4. The Morgan fingerprint density at radius 2 is 1.97 bits per heavy atom. The fraction of sp³-hybridized carbons (Fsp3) is 0.800. The van der Waals surface area contributed by atoms with Crippen molar-refractivity contribution in [2.24, 2.45) is 5.73 Å². The number of rotatable bonds is 11. The number of ether oxygens (including phenoxy) is 2. The van der Waals surface area contributed by atoms with Crippen molar-refractivity contribution in [3.8, 4) is 0 Å². The van der Waals surface area contributed by atoms with Crippen LogP contribution in [-0.2, 0) is 35.9 Å². The van der Waals surface area contributed by atoms with Crippen molar-refractivity contribution in [3.63, 3.8) is 0 Å². The number of amides is 1. The minimum absolute atomic E-state index is 0.0858. The Labute approximate surface area is 185 Å². The molecule has 2 N–H and O–H groups in total. The number of alkyl halides is 3. The van der Waals surface area contributed by atoms with E-state index >= 15 is 0 Å². The summed E-state index contributed by atoms with van der Waals surface area (Å²) in [5.41, 5.74) is 5.23. The lowest BCUT2D eigenvalue weighted by Crippen LogP contribution is -2.50. The Balaban J connectivity index is 2.09. The van der Waals surface area contributed by atoms with E-state index in [0.29, 0.717) is 12.3 Å². The van der Waals surface area contributed by atoms with Crippen LogP contribution in [0.25, 0.3) is 0 Å². The highest BCUT2D eigenvalue weighted by molar-refractivity contribution is 7.93. The fourth-order valence-corrected chi connectivity index (χ4v) is 4.95. The lowest BCUT2D eigenvalue weighted by molar-refractivity contribution is -0.170. The summed E-state index contributed by atoms with van der Waals surface area (Å²) in [6.07, 6.45) is -4.36. The molecule has 8 nitrogen and oxygen atoms in total. The summed E-state index contributed by atoms with van der Waals surface area (Å²) in [5, 5.41) is 3.98. The maximum absolute atomic E-state index is 12.7. The van der Waals surface area contributed by atoms with Gasteiger partial charge in [0.1, 0.15) is 5.76 Å². The number of halogens is 3. The summed E-state index contributed by atoms with van der Waals surface area (Å²) in [6.45, 7) is 5.72. The SMILES string of the molecule is CC(C)(COC1CCCCO1)c1cc(CC(C)(C(N)=O)S(=O)(=O)CCCC(F)(F)F)on1. The van der Waals surface area contributed by atoms with Crippen LogP contribution in [-0.4, -0.2) is 55.7 Å². The first kappa shape index (κ1) is 26.6. The molecule has 184 valence electrons. The summed E-state index contributed by atoms with van der Waals surface area (Å²) in [4.78, 5) is 12.0. The van der Waals surface area contributed by atoms with Gasteiger partial charge < -0.3 is 19.7 Å². The van der Waals surface area contributed by atoms with Crippen LogP contribution in [0.4, 0.5) is 13.2 Å². The van der Waals surface area contributed by atoms with E-state index in [-0.39, 0.29) is 18.7 Å². The highest BCUT2D eigenvalue weighted by atomic mass is 32.2. The molecular weight excluding hydrogens is 453 g/mol. The van der Waals surface area contributed by atoms with Gasteiger partial charge in [0.2, 0.25) is 5.91 Å². The third kappa shape index (κ3) is 6.92. The van der Waals surface area contributed by atoms with E-state index in [0.717, 1.165) is 26.2 Å². The number of sulfone groups is 1. The van der Waals surface area contributed by atoms with Crippen molar-refractivity contribution in [1.82, 2.24) is 5.16 Å². The minimum Gasteiger partial charge on any atom is -0.368 e. The van der Waals surface area contributed by atoms with Gasteiger partial charge in [-0.2, -0.15) is 13.2 Å². The van der Waals surface area contributed by atoms with Crippen LogP contribution in [0.1, 0.15) is 64.3 Å². The summed E-state index contributed by atoms with van der Waals surface area (Å²) >= 11 is 0. The molecule has 1 aliphatic rings. The quantitative estimate of drug-likeness (QED) is 0.512. The molecule has 0 radical (unpaired) electrons. The molecule has 0 aromatic carbocycles. The number of carbonyl (C=O) groups is 1. The zero-order valence-corrected chi connectivity index (χ0v) is 19.4. The third-order valence-corrected chi connectivity index (χ3v) is 8.16. The van der Waals surface area contributed by atoms with Crippen molar-refractivity contribution in [1.29, 1.82) is 0 Å². The molecule has 1 aliphatic heterocycles. The Hall–Kier alpha value is -1.66. The van der Waals surface area contributed by atoms with Gasteiger partial charge in [-0.3, -0.25) is 4.79 Å². The summed E-state index contributed by atoms with van der Waals surface area (Å²) in [7, 11) is -4.30. The lowest BCUT2D eigenvalue weighted by atomic mass is 9.90. The van der Waals surface area contributed by atoms with Crippen molar-refractivity contribution >= 4 is 15.7 Å². The Morgan fingerprint density at radius 3 is 2.53 bits per heavy atom. The average molecular weight is 485 g/mol. The van der Waals surface area contributed by atoms with Crippen LogP contribution in [0, 0.1) is 0 Å². The summed E-state index contributed by atoms with van der Waals surface area (Å²) < 4.78 is 77.1. The molecule has 0 spiro atoms. The first-order valence-corrected chi connectivity index (χ1v) is 12.1. The average Bonchev–Trinajstić information content (AvgIpc) is 3.15. The molecule has 0 bridgehead atoms. The zero-order chi connectivity index (χ0) is 24.2. The number of carbonyl (C=O) groups excluding carboxylic acids is 1. The molecule has 1 aromatic heterocycles. The number of hydrogen-bond acceptors (Lipinski definition) is 7. The molecule has 0 aliphatic carbocycles.